The van der Waals surface area contributed by atoms with Gasteiger partial charge in [-0.05, 0) is 30.4 Å². The number of amides is 1. The van der Waals surface area contributed by atoms with Crippen LogP contribution in [-0.2, 0) is 17.9 Å². The first-order chi connectivity index (χ1) is 9.33. The maximum absolute atomic E-state index is 12.5. The first-order valence-corrected chi connectivity index (χ1v) is 7.53. The van der Waals surface area contributed by atoms with Gasteiger partial charge in [-0.15, -0.1) is 11.3 Å². The Morgan fingerprint density at radius 1 is 1.37 bits per heavy atom. The molecule has 1 fully saturated rings. The van der Waals surface area contributed by atoms with Crippen molar-refractivity contribution in [3.8, 4) is 0 Å². The highest BCUT2D eigenvalue weighted by molar-refractivity contribution is 7.09. The number of thiophene rings is 1. The zero-order chi connectivity index (χ0) is 13.1. The Morgan fingerprint density at radius 2 is 2.26 bits per heavy atom. The Bertz CT molecular complexity index is 478. The molecule has 1 aliphatic carbocycles. The molecule has 2 aromatic heterocycles. The number of nitrogens with zero attached hydrogens (tertiary/aromatic N) is 1. The number of carbonyl (C=O) groups is 1. The fourth-order valence-electron chi connectivity index (χ4n) is 2.32. The summed E-state index contributed by atoms with van der Waals surface area (Å²) in [6.07, 6.45) is 6.66. The third kappa shape index (κ3) is 2.89. The molecule has 19 heavy (non-hydrogen) atoms. The van der Waals surface area contributed by atoms with Gasteiger partial charge in [0.15, 0.2) is 0 Å². The van der Waals surface area contributed by atoms with E-state index in [4.69, 9.17) is 4.42 Å². The van der Waals surface area contributed by atoms with Crippen molar-refractivity contribution in [3.63, 3.8) is 0 Å². The third-order valence-electron chi connectivity index (χ3n) is 3.65. The molecule has 4 heteroatoms. The van der Waals surface area contributed by atoms with Crippen LogP contribution in [0.4, 0.5) is 0 Å². The first kappa shape index (κ1) is 12.5. The SMILES string of the molecule is O=C(C1CCC1)N(Cc1ccoc1)Cc1cccs1. The second-order valence-corrected chi connectivity index (χ2v) is 6.07. The average molecular weight is 275 g/mol. The maximum Gasteiger partial charge on any atom is 0.226 e. The Balaban J connectivity index is 1.72. The van der Waals surface area contributed by atoms with Crippen LogP contribution < -0.4 is 0 Å². The fourth-order valence-corrected chi connectivity index (χ4v) is 3.04. The van der Waals surface area contributed by atoms with E-state index in [2.05, 4.69) is 11.4 Å². The highest BCUT2D eigenvalue weighted by atomic mass is 32.1. The van der Waals surface area contributed by atoms with E-state index < -0.39 is 0 Å². The van der Waals surface area contributed by atoms with Crippen LogP contribution in [0, 0.1) is 5.92 Å². The van der Waals surface area contributed by atoms with Crippen LogP contribution in [0.2, 0.25) is 0 Å². The maximum atomic E-state index is 12.5. The standard InChI is InChI=1S/C15H17NO2S/c17-15(13-3-1-4-13)16(9-12-6-7-18-11-12)10-14-5-2-8-19-14/h2,5-8,11,13H,1,3-4,9-10H2. The Kier molecular flexibility index (Phi) is 3.69. The minimum Gasteiger partial charge on any atom is -0.472 e. The van der Waals surface area contributed by atoms with Crippen LogP contribution in [0.25, 0.3) is 0 Å². The summed E-state index contributed by atoms with van der Waals surface area (Å²) in [5.74, 6) is 0.535. The van der Waals surface area contributed by atoms with Gasteiger partial charge in [-0.3, -0.25) is 4.79 Å². The lowest BCUT2D eigenvalue weighted by atomic mass is 9.84. The molecule has 3 rings (SSSR count). The molecule has 100 valence electrons. The molecule has 0 atom stereocenters. The lowest BCUT2D eigenvalue weighted by Gasteiger charge is -2.31. The van der Waals surface area contributed by atoms with E-state index in [1.54, 1.807) is 23.9 Å². The summed E-state index contributed by atoms with van der Waals surface area (Å²) >= 11 is 1.70. The van der Waals surface area contributed by atoms with Gasteiger partial charge in [0.1, 0.15) is 0 Å². The summed E-state index contributed by atoms with van der Waals surface area (Å²) in [6, 6.07) is 6.04. The van der Waals surface area contributed by atoms with Crippen molar-refractivity contribution >= 4 is 17.2 Å². The number of carbonyl (C=O) groups excluding carboxylic acids is 1. The van der Waals surface area contributed by atoms with Crippen molar-refractivity contribution in [2.45, 2.75) is 32.4 Å². The molecule has 2 heterocycles. The smallest absolute Gasteiger partial charge is 0.226 e. The lowest BCUT2D eigenvalue weighted by Crippen LogP contribution is -2.37. The van der Waals surface area contributed by atoms with E-state index in [9.17, 15) is 4.79 Å². The quantitative estimate of drug-likeness (QED) is 0.834. The zero-order valence-electron chi connectivity index (χ0n) is 10.7. The van der Waals surface area contributed by atoms with Crippen LogP contribution >= 0.6 is 11.3 Å². The number of hydrogen-bond acceptors (Lipinski definition) is 3. The van der Waals surface area contributed by atoms with Crippen molar-refractivity contribution in [2.24, 2.45) is 5.92 Å². The summed E-state index contributed by atoms with van der Waals surface area (Å²) in [5, 5.41) is 2.05. The molecule has 0 unspecified atom stereocenters. The van der Waals surface area contributed by atoms with Crippen molar-refractivity contribution in [1.29, 1.82) is 0 Å². The van der Waals surface area contributed by atoms with E-state index in [1.807, 2.05) is 17.0 Å². The topological polar surface area (TPSA) is 33.5 Å². The molecule has 0 bridgehead atoms. The van der Waals surface area contributed by atoms with E-state index in [1.165, 1.54) is 11.3 Å². The molecule has 0 radical (unpaired) electrons. The minimum atomic E-state index is 0.242. The molecule has 1 amide bonds. The van der Waals surface area contributed by atoms with Gasteiger partial charge in [-0.2, -0.15) is 0 Å². The molecular weight excluding hydrogens is 258 g/mol. The van der Waals surface area contributed by atoms with Gasteiger partial charge in [0.25, 0.3) is 0 Å². The fraction of sp³-hybridized carbons (Fsp3) is 0.400. The third-order valence-corrected chi connectivity index (χ3v) is 4.51. The lowest BCUT2D eigenvalue weighted by molar-refractivity contribution is -0.139. The Hall–Kier alpha value is -1.55. The van der Waals surface area contributed by atoms with E-state index in [0.717, 1.165) is 18.4 Å². The average Bonchev–Trinajstić information content (AvgIpc) is 2.98. The molecule has 0 aromatic carbocycles. The van der Waals surface area contributed by atoms with Gasteiger partial charge in [-0.25, -0.2) is 0 Å². The van der Waals surface area contributed by atoms with Gasteiger partial charge in [0.2, 0.25) is 5.91 Å². The number of rotatable bonds is 5. The van der Waals surface area contributed by atoms with E-state index in [0.29, 0.717) is 19.0 Å². The van der Waals surface area contributed by atoms with Crippen LogP contribution in [-0.4, -0.2) is 10.8 Å². The second-order valence-electron chi connectivity index (χ2n) is 5.03. The molecular formula is C15H17NO2S. The van der Waals surface area contributed by atoms with Crippen LogP contribution in [0.15, 0.2) is 40.5 Å². The number of hydrogen-bond donors (Lipinski definition) is 0. The molecule has 1 aliphatic rings. The van der Waals surface area contributed by atoms with Gasteiger partial charge in [0.05, 0.1) is 19.1 Å². The highest BCUT2D eigenvalue weighted by Gasteiger charge is 2.29. The molecule has 2 aromatic rings. The van der Waals surface area contributed by atoms with Crippen LogP contribution in [0.3, 0.4) is 0 Å². The van der Waals surface area contributed by atoms with Gasteiger partial charge in [-0.1, -0.05) is 12.5 Å². The summed E-state index contributed by atoms with van der Waals surface area (Å²) in [7, 11) is 0. The molecule has 0 spiro atoms. The molecule has 0 saturated heterocycles. The monoisotopic (exact) mass is 275 g/mol. The van der Waals surface area contributed by atoms with Gasteiger partial charge in [0, 0.05) is 22.9 Å². The highest BCUT2D eigenvalue weighted by Crippen LogP contribution is 2.29. The Morgan fingerprint density at radius 3 is 2.84 bits per heavy atom. The van der Waals surface area contributed by atoms with Gasteiger partial charge >= 0.3 is 0 Å². The zero-order valence-corrected chi connectivity index (χ0v) is 11.6. The summed E-state index contributed by atoms with van der Waals surface area (Å²) in [5.41, 5.74) is 1.06. The minimum absolute atomic E-state index is 0.242. The largest absolute Gasteiger partial charge is 0.472 e. The first-order valence-electron chi connectivity index (χ1n) is 6.65. The second kappa shape index (κ2) is 5.61. The van der Waals surface area contributed by atoms with Crippen molar-refractivity contribution in [1.82, 2.24) is 4.90 Å². The Labute approximate surface area is 116 Å². The normalized spacial score (nSPS) is 15.2. The summed E-state index contributed by atoms with van der Waals surface area (Å²) < 4.78 is 5.10. The van der Waals surface area contributed by atoms with Crippen LogP contribution in [0.5, 0.6) is 0 Å². The van der Waals surface area contributed by atoms with E-state index in [-0.39, 0.29) is 5.92 Å². The summed E-state index contributed by atoms with van der Waals surface area (Å²) in [6.45, 7) is 1.35. The van der Waals surface area contributed by atoms with E-state index >= 15 is 0 Å². The predicted molar refractivity (Wildman–Crippen MR) is 74.6 cm³/mol. The van der Waals surface area contributed by atoms with Crippen molar-refractivity contribution in [2.75, 3.05) is 0 Å². The molecule has 0 N–H and O–H groups in total. The predicted octanol–water partition coefficient (Wildman–Crippen LogP) is 3.67. The molecule has 1 saturated carbocycles. The molecule has 0 aliphatic heterocycles. The molecule has 3 nitrogen and oxygen atoms in total. The van der Waals surface area contributed by atoms with Crippen LogP contribution in [0.1, 0.15) is 29.7 Å². The van der Waals surface area contributed by atoms with Gasteiger partial charge < -0.3 is 9.32 Å². The number of furan rings is 1. The summed E-state index contributed by atoms with van der Waals surface area (Å²) in [4.78, 5) is 15.7. The van der Waals surface area contributed by atoms with Crippen molar-refractivity contribution in [3.05, 3.63) is 46.5 Å². The van der Waals surface area contributed by atoms with Crippen molar-refractivity contribution < 1.29 is 9.21 Å².